The Hall–Kier alpha value is -2.91. The predicted molar refractivity (Wildman–Crippen MR) is 103 cm³/mol. The summed E-state index contributed by atoms with van der Waals surface area (Å²) < 4.78 is 4.74. The van der Waals surface area contributed by atoms with Crippen LogP contribution < -0.4 is 10.6 Å². The number of hydrogen-bond donors (Lipinski definition) is 2. The molecule has 4 rings (SSSR count). The number of imide groups is 1. The Morgan fingerprint density at radius 1 is 1.13 bits per heavy atom. The molecular weight excluding hydrogens is 392 g/mol. The lowest BCUT2D eigenvalue weighted by molar-refractivity contribution is -0.148. The van der Waals surface area contributed by atoms with Crippen molar-refractivity contribution in [3.63, 3.8) is 0 Å². The summed E-state index contributed by atoms with van der Waals surface area (Å²) in [4.78, 5) is 64.4. The molecule has 0 saturated carbocycles. The number of fused-ring (bicyclic) bond motifs is 1. The quantitative estimate of drug-likeness (QED) is 0.470. The summed E-state index contributed by atoms with van der Waals surface area (Å²) in [5.74, 6) is -1.90. The van der Waals surface area contributed by atoms with Gasteiger partial charge in [0.2, 0.25) is 23.6 Å². The van der Waals surface area contributed by atoms with E-state index in [9.17, 15) is 24.0 Å². The second kappa shape index (κ2) is 8.08. The fraction of sp³-hybridized carbons (Fsp3) is 0.650. The molecule has 2 N–H and O–H groups in total. The van der Waals surface area contributed by atoms with Crippen molar-refractivity contribution in [3.8, 4) is 0 Å². The molecule has 5 amide bonds. The van der Waals surface area contributed by atoms with E-state index in [4.69, 9.17) is 4.74 Å². The summed E-state index contributed by atoms with van der Waals surface area (Å²) in [6.07, 6.45) is 5.65. The maximum absolute atomic E-state index is 13.0. The van der Waals surface area contributed by atoms with Gasteiger partial charge in [-0.3, -0.25) is 24.1 Å². The van der Waals surface area contributed by atoms with Crippen LogP contribution in [-0.2, 0) is 23.9 Å². The second-order valence-electron chi connectivity index (χ2n) is 8.39. The number of likely N-dealkylation sites (tertiary alicyclic amines) is 2. The minimum atomic E-state index is -0.738. The van der Waals surface area contributed by atoms with Gasteiger partial charge in [-0.25, -0.2) is 4.79 Å². The van der Waals surface area contributed by atoms with Crippen LogP contribution in [0.4, 0.5) is 4.79 Å². The first-order valence-corrected chi connectivity index (χ1v) is 10.4. The number of carbonyl (C=O) groups is 5. The molecule has 3 saturated heterocycles. The number of nitrogens with one attached hydrogen (secondary N) is 2. The highest BCUT2D eigenvalue weighted by atomic mass is 16.6. The number of allylic oxidation sites excluding steroid dienone is 2. The molecule has 5 atom stereocenters. The van der Waals surface area contributed by atoms with Crippen LogP contribution in [0.15, 0.2) is 12.2 Å². The van der Waals surface area contributed by atoms with Crippen LogP contribution in [0.2, 0.25) is 0 Å². The summed E-state index contributed by atoms with van der Waals surface area (Å²) >= 11 is 0. The summed E-state index contributed by atoms with van der Waals surface area (Å²) in [6.45, 7) is 1.92. The average molecular weight is 418 g/mol. The van der Waals surface area contributed by atoms with Crippen molar-refractivity contribution in [2.45, 2.75) is 50.7 Å². The molecule has 30 heavy (non-hydrogen) atoms. The summed E-state index contributed by atoms with van der Waals surface area (Å²) in [5, 5.41) is 5.28. The largest absolute Gasteiger partial charge is 0.447 e. The zero-order chi connectivity index (χ0) is 21.4. The molecule has 10 heteroatoms. The Labute approximate surface area is 174 Å². The van der Waals surface area contributed by atoms with Gasteiger partial charge in [-0.1, -0.05) is 12.2 Å². The fourth-order valence-corrected chi connectivity index (χ4v) is 4.65. The highest BCUT2D eigenvalue weighted by Crippen LogP contribution is 2.35. The number of hydrogen-bond acceptors (Lipinski definition) is 6. The number of rotatable bonds is 4. The number of cyclic esters (lactones) is 1. The van der Waals surface area contributed by atoms with E-state index in [1.807, 2.05) is 19.1 Å². The van der Waals surface area contributed by atoms with Crippen LogP contribution in [0, 0.1) is 11.8 Å². The van der Waals surface area contributed by atoms with Gasteiger partial charge in [-0.15, -0.1) is 0 Å². The van der Waals surface area contributed by atoms with Crippen LogP contribution in [0.3, 0.4) is 0 Å². The molecule has 3 heterocycles. The van der Waals surface area contributed by atoms with Gasteiger partial charge < -0.3 is 20.3 Å². The predicted octanol–water partition coefficient (Wildman–Crippen LogP) is -0.458. The van der Waals surface area contributed by atoms with E-state index in [0.29, 0.717) is 25.7 Å². The van der Waals surface area contributed by atoms with E-state index in [1.165, 1.54) is 0 Å². The van der Waals surface area contributed by atoms with E-state index in [2.05, 4.69) is 10.6 Å². The van der Waals surface area contributed by atoms with Gasteiger partial charge in [0.25, 0.3) is 0 Å². The molecule has 0 radical (unpaired) electrons. The highest BCUT2D eigenvalue weighted by Gasteiger charge is 2.48. The smallest absolute Gasteiger partial charge is 0.407 e. The van der Waals surface area contributed by atoms with Crippen LogP contribution >= 0.6 is 0 Å². The van der Waals surface area contributed by atoms with Gasteiger partial charge in [-0.2, -0.15) is 0 Å². The van der Waals surface area contributed by atoms with Crippen LogP contribution in [0.5, 0.6) is 0 Å². The minimum absolute atomic E-state index is 0.0210. The molecular formula is C20H26N4O6. The Morgan fingerprint density at radius 2 is 1.80 bits per heavy atom. The molecule has 10 nitrogen and oxygen atoms in total. The van der Waals surface area contributed by atoms with Crippen molar-refractivity contribution in [1.29, 1.82) is 0 Å². The molecule has 162 valence electrons. The summed E-state index contributed by atoms with van der Waals surface area (Å²) in [5.41, 5.74) is 0. The molecule has 3 fully saturated rings. The van der Waals surface area contributed by atoms with E-state index in [-0.39, 0.29) is 67.2 Å². The molecule has 4 aliphatic rings. The van der Waals surface area contributed by atoms with Gasteiger partial charge >= 0.3 is 6.09 Å². The Kier molecular flexibility index (Phi) is 5.48. The topological polar surface area (TPSA) is 125 Å². The van der Waals surface area contributed by atoms with Crippen molar-refractivity contribution < 1.29 is 28.7 Å². The van der Waals surface area contributed by atoms with Gasteiger partial charge in [0.05, 0.1) is 11.8 Å². The fourth-order valence-electron chi connectivity index (χ4n) is 4.65. The van der Waals surface area contributed by atoms with Crippen molar-refractivity contribution in [2.24, 2.45) is 11.8 Å². The maximum Gasteiger partial charge on any atom is 0.407 e. The van der Waals surface area contributed by atoms with E-state index < -0.39 is 12.1 Å². The van der Waals surface area contributed by atoms with E-state index >= 15 is 0 Å². The molecule has 0 unspecified atom stereocenters. The lowest BCUT2D eigenvalue weighted by Gasteiger charge is -2.39. The Bertz CT molecular complexity index is 785. The van der Waals surface area contributed by atoms with Gasteiger partial charge in [0, 0.05) is 18.6 Å². The number of ether oxygens (including phenoxy) is 1. The zero-order valence-electron chi connectivity index (χ0n) is 16.8. The van der Waals surface area contributed by atoms with E-state index in [0.717, 1.165) is 4.90 Å². The first-order chi connectivity index (χ1) is 14.3. The standard InChI is InChI=1S/C20H26N4O6/c1-11-6-7-12(21-17(26)15-10-30-20(29)22-15)8-23(11)16(25)9-24-18(27)13-4-2-3-5-14(13)19(24)28/h2-3,11-15H,4-10H2,1H3,(H,21,26)(H,22,29)/t11-,12-,13-,14+,15+/m1/s1. The van der Waals surface area contributed by atoms with Gasteiger partial charge in [0.15, 0.2) is 0 Å². The number of alkyl carbamates (subject to hydrolysis) is 1. The first kappa shape index (κ1) is 20.4. The number of nitrogens with zero attached hydrogens (tertiary/aromatic N) is 2. The molecule has 0 bridgehead atoms. The van der Waals surface area contributed by atoms with Crippen molar-refractivity contribution in [3.05, 3.63) is 12.2 Å². The lowest BCUT2D eigenvalue weighted by atomic mass is 9.85. The van der Waals surface area contributed by atoms with Crippen molar-refractivity contribution >= 4 is 29.7 Å². The van der Waals surface area contributed by atoms with Crippen LogP contribution in [-0.4, -0.2) is 77.3 Å². The molecule has 0 aromatic rings. The summed E-state index contributed by atoms with van der Waals surface area (Å²) in [7, 11) is 0. The molecule has 0 spiro atoms. The van der Waals surface area contributed by atoms with Crippen LogP contribution in [0.1, 0.15) is 32.6 Å². The number of piperidine rings is 1. The van der Waals surface area contributed by atoms with Gasteiger partial charge in [0.1, 0.15) is 19.2 Å². The number of carbonyl (C=O) groups excluding carboxylic acids is 5. The SMILES string of the molecule is C[C@@H]1CC[C@@H](NC(=O)[C@@H]2COC(=O)N2)CN1C(=O)CN1C(=O)[C@H]2CC=CC[C@H]2C1=O. The zero-order valence-corrected chi connectivity index (χ0v) is 16.8. The Balaban J connectivity index is 1.36. The monoisotopic (exact) mass is 418 g/mol. The van der Waals surface area contributed by atoms with Crippen molar-refractivity contribution in [1.82, 2.24) is 20.4 Å². The normalized spacial score (nSPS) is 33.2. The minimum Gasteiger partial charge on any atom is -0.447 e. The van der Waals surface area contributed by atoms with E-state index in [1.54, 1.807) is 4.90 Å². The van der Waals surface area contributed by atoms with Crippen LogP contribution in [0.25, 0.3) is 0 Å². The molecule has 3 aliphatic heterocycles. The first-order valence-electron chi connectivity index (χ1n) is 10.4. The second-order valence-corrected chi connectivity index (χ2v) is 8.39. The maximum atomic E-state index is 13.0. The lowest BCUT2D eigenvalue weighted by Crippen LogP contribution is -2.57. The van der Waals surface area contributed by atoms with Gasteiger partial charge in [-0.05, 0) is 32.6 Å². The number of amides is 5. The average Bonchev–Trinajstić information content (AvgIpc) is 3.27. The summed E-state index contributed by atoms with van der Waals surface area (Å²) in [6, 6.07) is -1.07. The third kappa shape index (κ3) is 3.78. The third-order valence-corrected chi connectivity index (χ3v) is 6.43. The van der Waals surface area contributed by atoms with Crippen molar-refractivity contribution in [2.75, 3.05) is 19.7 Å². The highest BCUT2D eigenvalue weighted by molar-refractivity contribution is 6.07. The third-order valence-electron chi connectivity index (χ3n) is 6.43. The molecule has 0 aromatic carbocycles. The molecule has 0 aromatic heterocycles. The molecule has 1 aliphatic carbocycles. The Morgan fingerprint density at radius 3 is 2.40 bits per heavy atom.